The van der Waals surface area contributed by atoms with Gasteiger partial charge >= 0.3 is 5.97 Å². The van der Waals surface area contributed by atoms with Crippen molar-refractivity contribution in [3.05, 3.63) is 59.2 Å². The Labute approximate surface area is 193 Å². The number of carbonyl (C=O) groups is 3. The first kappa shape index (κ1) is 24.2. The fraction of sp³-hybridized carbons (Fsp3) is 0.348. The highest BCUT2D eigenvalue weighted by molar-refractivity contribution is 7.92. The van der Waals surface area contributed by atoms with Crippen LogP contribution in [0.5, 0.6) is 0 Å². The van der Waals surface area contributed by atoms with E-state index in [1.165, 1.54) is 24.1 Å². The Morgan fingerprint density at radius 3 is 2.48 bits per heavy atom. The number of sulfonamides is 1. The quantitative estimate of drug-likeness (QED) is 0.537. The van der Waals surface area contributed by atoms with E-state index in [1.54, 1.807) is 38.1 Å². The van der Waals surface area contributed by atoms with Gasteiger partial charge in [0.15, 0.2) is 6.61 Å². The van der Waals surface area contributed by atoms with Gasteiger partial charge in [-0.1, -0.05) is 24.3 Å². The van der Waals surface area contributed by atoms with Crippen LogP contribution < -0.4 is 10.0 Å². The monoisotopic (exact) mass is 473 g/mol. The Bertz CT molecular complexity index is 1170. The Kier molecular flexibility index (Phi) is 7.37. The van der Waals surface area contributed by atoms with Crippen LogP contribution >= 0.6 is 0 Å². The number of aryl methyl sites for hydroxylation is 2. The summed E-state index contributed by atoms with van der Waals surface area (Å²) in [6.07, 6.45) is 1.88. The molecule has 1 fully saturated rings. The zero-order valence-electron chi connectivity index (χ0n) is 18.8. The number of hydrogen-bond acceptors (Lipinski definition) is 6. The molecule has 1 aliphatic rings. The van der Waals surface area contributed by atoms with E-state index in [0.29, 0.717) is 5.56 Å². The number of carbonyl (C=O) groups excluding carboxylic acids is 3. The maximum atomic E-state index is 12.9. The number of nitrogens with one attached hydrogen (secondary N) is 2. The molecule has 3 rings (SSSR count). The first-order chi connectivity index (χ1) is 15.6. The number of benzene rings is 2. The van der Waals surface area contributed by atoms with Crippen molar-refractivity contribution in [3.8, 4) is 0 Å². The van der Waals surface area contributed by atoms with Crippen LogP contribution in [0.15, 0.2) is 47.4 Å². The first-order valence-corrected chi connectivity index (χ1v) is 11.9. The number of amides is 2. The Hall–Kier alpha value is -3.40. The minimum absolute atomic E-state index is 0.0340. The van der Waals surface area contributed by atoms with Gasteiger partial charge in [-0.05, 0) is 56.0 Å². The van der Waals surface area contributed by atoms with Crippen molar-refractivity contribution in [2.45, 2.75) is 37.6 Å². The first-order valence-electron chi connectivity index (χ1n) is 10.5. The molecule has 2 amide bonds. The normalized spacial score (nSPS) is 13.2. The second-order valence-corrected chi connectivity index (χ2v) is 9.74. The predicted molar refractivity (Wildman–Crippen MR) is 122 cm³/mol. The maximum absolute atomic E-state index is 12.9. The lowest BCUT2D eigenvalue weighted by molar-refractivity contribution is -0.137. The Morgan fingerprint density at radius 2 is 1.79 bits per heavy atom. The number of esters is 1. The van der Waals surface area contributed by atoms with Crippen molar-refractivity contribution >= 4 is 33.5 Å². The molecule has 9 nitrogen and oxygen atoms in total. The molecular weight excluding hydrogens is 446 g/mol. The summed E-state index contributed by atoms with van der Waals surface area (Å²) in [5, 5.41) is 2.77. The van der Waals surface area contributed by atoms with Gasteiger partial charge in [0.2, 0.25) is 5.91 Å². The molecule has 10 heteroatoms. The topological polar surface area (TPSA) is 122 Å². The van der Waals surface area contributed by atoms with Crippen molar-refractivity contribution in [1.82, 2.24) is 10.2 Å². The van der Waals surface area contributed by atoms with Crippen LogP contribution in [0.3, 0.4) is 0 Å². The third-order valence-corrected chi connectivity index (χ3v) is 6.61. The van der Waals surface area contributed by atoms with E-state index in [4.69, 9.17) is 4.74 Å². The minimum Gasteiger partial charge on any atom is -0.452 e. The summed E-state index contributed by atoms with van der Waals surface area (Å²) in [4.78, 5) is 37.9. The van der Waals surface area contributed by atoms with Gasteiger partial charge < -0.3 is 15.0 Å². The van der Waals surface area contributed by atoms with E-state index in [2.05, 4.69) is 10.0 Å². The SMILES string of the molecule is Cc1ccc(C)c(S(=O)(=O)Nc2ccccc2C(=O)OCC(=O)N(C)CC(=O)NC2CC2)c1. The van der Waals surface area contributed by atoms with Crippen molar-refractivity contribution in [1.29, 1.82) is 0 Å². The molecule has 176 valence electrons. The van der Waals surface area contributed by atoms with Crippen molar-refractivity contribution in [2.75, 3.05) is 24.9 Å². The summed E-state index contributed by atoms with van der Waals surface area (Å²) in [6.45, 7) is 2.75. The summed E-state index contributed by atoms with van der Waals surface area (Å²) < 4.78 is 33.4. The smallest absolute Gasteiger partial charge is 0.340 e. The van der Waals surface area contributed by atoms with Gasteiger partial charge in [-0.25, -0.2) is 13.2 Å². The maximum Gasteiger partial charge on any atom is 0.340 e. The van der Waals surface area contributed by atoms with E-state index in [0.717, 1.165) is 18.4 Å². The lowest BCUT2D eigenvalue weighted by atomic mass is 10.2. The molecule has 0 aromatic heterocycles. The molecule has 33 heavy (non-hydrogen) atoms. The molecule has 0 spiro atoms. The van der Waals surface area contributed by atoms with Gasteiger partial charge in [-0.2, -0.15) is 0 Å². The Balaban J connectivity index is 1.65. The fourth-order valence-electron chi connectivity index (χ4n) is 3.07. The summed E-state index contributed by atoms with van der Waals surface area (Å²) in [5.74, 6) is -1.69. The van der Waals surface area contributed by atoms with E-state index >= 15 is 0 Å². The number of anilines is 1. The lowest BCUT2D eigenvalue weighted by Gasteiger charge is -2.17. The van der Waals surface area contributed by atoms with Gasteiger partial charge in [0, 0.05) is 13.1 Å². The van der Waals surface area contributed by atoms with E-state index < -0.39 is 28.5 Å². The predicted octanol–water partition coefficient (Wildman–Crippen LogP) is 2.00. The molecule has 2 aromatic rings. The summed E-state index contributed by atoms with van der Waals surface area (Å²) in [6, 6.07) is 11.2. The molecule has 1 aliphatic carbocycles. The lowest BCUT2D eigenvalue weighted by Crippen LogP contribution is -2.40. The van der Waals surface area contributed by atoms with Crippen molar-refractivity contribution in [2.24, 2.45) is 0 Å². The molecule has 0 atom stereocenters. The highest BCUT2D eigenvalue weighted by atomic mass is 32.2. The van der Waals surface area contributed by atoms with Gasteiger partial charge in [0.05, 0.1) is 22.7 Å². The molecular formula is C23H27N3O6S. The van der Waals surface area contributed by atoms with Gasteiger partial charge in [-0.3, -0.25) is 14.3 Å². The van der Waals surface area contributed by atoms with Crippen LogP contribution in [0.2, 0.25) is 0 Å². The summed E-state index contributed by atoms with van der Waals surface area (Å²) in [7, 11) is -2.52. The van der Waals surface area contributed by atoms with Gasteiger partial charge in [-0.15, -0.1) is 0 Å². The molecule has 0 radical (unpaired) electrons. The zero-order chi connectivity index (χ0) is 24.2. The van der Waals surface area contributed by atoms with Crippen LogP contribution in [0, 0.1) is 13.8 Å². The average Bonchev–Trinajstić information content (AvgIpc) is 3.57. The molecule has 0 aliphatic heterocycles. The molecule has 0 saturated heterocycles. The van der Waals surface area contributed by atoms with Crippen molar-refractivity contribution in [3.63, 3.8) is 0 Å². The third-order valence-electron chi connectivity index (χ3n) is 5.10. The van der Waals surface area contributed by atoms with Gasteiger partial charge in [0.1, 0.15) is 0 Å². The number of para-hydroxylation sites is 1. The second kappa shape index (κ2) is 10.0. The van der Waals surface area contributed by atoms with E-state index in [1.807, 2.05) is 6.07 Å². The number of nitrogens with zero attached hydrogens (tertiary/aromatic N) is 1. The largest absolute Gasteiger partial charge is 0.452 e. The summed E-state index contributed by atoms with van der Waals surface area (Å²) in [5.41, 5.74) is 1.34. The highest BCUT2D eigenvalue weighted by Crippen LogP contribution is 2.23. The minimum atomic E-state index is -3.96. The third kappa shape index (κ3) is 6.55. The number of likely N-dealkylation sites (N-methyl/N-ethyl adjacent to an activating group) is 1. The van der Waals surface area contributed by atoms with Crippen LogP contribution in [0.25, 0.3) is 0 Å². The molecule has 1 saturated carbocycles. The number of hydrogen-bond donors (Lipinski definition) is 2. The van der Waals surface area contributed by atoms with Crippen LogP contribution in [0.1, 0.15) is 34.3 Å². The summed E-state index contributed by atoms with van der Waals surface area (Å²) >= 11 is 0. The second-order valence-electron chi connectivity index (χ2n) is 8.09. The van der Waals surface area contributed by atoms with Crippen LogP contribution in [-0.2, 0) is 24.3 Å². The standard InChI is InChI=1S/C23H27N3O6S/c1-15-8-9-16(2)20(12-15)33(30,31)25-19-7-5-4-6-18(19)23(29)32-14-22(28)26(3)13-21(27)24-17-10-11-17/h4-9,12,17,25H,10-11,13-14H2,1-3H3,(H,24,27). The molecule has 0 bridgehead atoms. The number of rotatable bonds is 9. The van der Waals surface area contributed by atoms with E-state index in [-0.39, 0.29) is 34.6 Å². The molecule has 0 heterocycles. The molecule has 2 aromatic carbocycles. The average molecular weight is 474 g/mol. The Morgan fingerprint density at radius 1 is 1.09 bits per heavy atom. The van der Waals surface area contributed by atoms with Crippen LogP contribution in [-0.4, -0.2) is 57.3 Å². The van der Waals surface area contributed by atoms with E-state index in [9.17, 15) is 22.8 Å². The zero-order valence-corrected chi connectivity index (χ0v) is 19.6. The van der Waals surface area contributed by atoms with Crippen molar-refractivity contribution < 1.29 is 27.5 Å². The number of ether oxygens (including phenoxy) is 1. The van der Waals surface area contributed by atoms with Gasteiger partial charge in [0.25, 0.3) is 15.9 Å². The van der Waals surface area contributed by atoms with Crippen LogP contribution in [0.4, 0.5) is 5.69 Å². The highest BCUT2D eigenvalue weighted by Gasteiger charge is 2.25. The fourth-order valence-corrected chi connectivity index (χ4v) is 4.48. The molecule has 2 N–H and O–H groups in total. The molecule has 0 unspecified atom stereocenters.